The van der Waals surface area contributed by atoms with Gasteiger partial charge in [-0.1, -0.05) is 6.92 Å². The minimum Gasteiger partial charge on any atom is -0.481 e. The summed E-state index contributed by atoms with van der Waals surface area (Å²) < 4.78 is 0. The minimum atomic E-state index is -0.714. The van der Waals surface area contributed by atoms with Gasteiger partial charge >= 0.3 is 5.97 Å². The van der Waals surface area contributed by atoms with Crippen LogP contribution in [0.1, 0.15) is 45.4 Å². The van der Waals surface area contributed by atoms with Crippen molar-refractivity contribution < 1.29 is 14.7 Å². The van der Waals surface area contributed by atoms with Gasteiger partial charge in [0.15, 0.2) is 0 Å². The molecule has 0 spiro atoms. The van der Waals surface area contributed by atoms with Gasteiger partial charge in [-0.3, -0.25) is 9.59 Å². The molecule has 102 valence electrons. The first-order chi connectivity index (χ1) is 8.58. The number of carboxylic acid groups (broad SMARTS) is 1. The first-order valence-electron chi connectivity index (χ1n) is 7.09. The van der Waals surface area contributed by atoms with Gasteiger partial charge in [-0.15, -0.1) is 0 Å². The molecule has 1 saturated carbocycles. The molecule has 0 atom stereocenters. The smallest absolute Gasteiger partial charge is 0.306 e. The number of carbonyl (C=O) groups excluding carboxylic acids is 1. The summed E-state index contributed by atoms with van der Waals surface area (Å²) >= 11 is 0. The summed E-state index contributed by atoms with van der Waals surface area (Å²) in [6.07, 6.45) is 5.57. The molecule has 1 heterocycles. The summed E-state index contributed by atoms with van der Waals surface area (Å²) in [5.74, 6) is 0.258. The summed E-state index contributed by atoms with van der Waals surface area (Å²) in [5.41, 5.74) is 0. The lowest BCUT2D eigenvalue weighted by Crippen LogP contribution is -2.43. The van der Waals surface area contributed by atoms with E-state index in [2.05, 4.69) is 6.92 Å². The number of hydrogen-bond donors (Lipinski definition) is 1. The van der Waals surface area contributed by atoms with Crippen molar-refractivity contribution in [3.8, 4) is 0 Å². The van der Waals surface area contributed by atoms with Gasteiger partial charge < -0.3 is 10.0 Å². The summed E-state index contributed by atoms with van der Waals surface area (Å²) in [6, 6.07) is 0. The molecule has 1 amide bonds. The van der Waals surface area contributed by atoms with Crippen molar-refractivity contribution in [1.29, 1.82) is 0 Å². The van der Waals surface area contributed by atoms with Crippen molar-refractivity contribution in [3.63, 3.8) is 0 Å². The molecule has 1 N–H and O–H groups in total. The monoisotopic (exact) mass is 253 g/mol. The molecule has 2 aliphatic rings. The highest BCUT2D eigenvalue weighted by molar-refractivity contribution is 5.79. The Labute approximate surface area is 108 Å². The zero-order chi connectivity index (χ0) is 13.1. The second-order valence-electron chi connectivity index (χ2n) is 5.89. The Bertz CT molecular complexity index is 313. The SMILES string of the molecule is CC1CCC(C(=O)N2CCC(C(=O)O)CC2)CC1. The second kappa shape index (κ2) is 5.72. The highest BCUT2D eigenvalue weighted by atomic mass is 16.4. The van der Waals surface area contributed by atoms with Crippen LogP contribution < -0.4 is 0 Å². The highest BCUT2D eigenvalue weighted by Gasteiger charge is 2.32. The molecule has 0 aromatic rings. The third kappa shape index (κ3) is 3.03. The molecule has 0 unspecified atom stereocenters. The maximum Gasteiger partial charge on any atom is 0.306 e. The van der Waals surface area contributed by atoms with E-state index in [1.165, 1.54) is 0 Å². The van der Waals surface area contributed by atoms with Crippen molar-refractivity contribution in [2.75, 3.05) is 13.1 Å². The van der Waals surface area contributed by atoms with Crippen LogP contribution in [0.4, 0.5) is 0 Å². The second-order valence-corrected chi connectivity index (χ2v) is 5.89. The van der Waals surface area contributed by atoms with Gasteiger partial charge in [0.05, 0.1) is 5.92 Å². The van der Waals surface area contributed by atoms with Crippen molar-refractivity contribution in [1.82, 2.24) is 4.90 Å². The van der Waals surface area contributed by atoms with Gasteiger partial charge in [0.1, 0.15) is 0 Å². The predicted molar refractivity (Wildman–Crippen MR) is 68.1 cm³/mol. The number of carboxylic acids is 1. The Morgan fingerprint density at radius 1 is 0.944 bits per heavy atom. The zero-order valence-corrected chi connectivity index (χ0v) is 11.1. The van der Waals surface area contributed by atoms with Gasteiger partial charge in [0.2, 0.25) is 5.91 Å². The summed E-state index contributed by atoms with van der Waals surface area (Å²) in [4.78, 5) is 25.1. The van der Waals surface area contributed by atoms with Crippen LogP contribution in [0.2, 0.25) is 0 Å². The number of hydrogen-bond acceptors (Lipinski definition) is 2. The molecule has 4 nitrogen and oxygen atoms in total. The van der Waals surface area contributed by atoms with Crippen LogP contribution in [0.3, 0.4) is 0 Å². The number of nitrogens with zero attached hydrogens (tertiary/aromatic N) is 1. The van der Waals surface area contributed by atoms with Crippen molar-refractivity contribution in [3.05, 3.63) is 0 Å². The molecule has 2 fully saturated rings. The van der Waals surface area contributed by atoms with E-state index in [0.29, 0.717) is 25.9 Å². The van der Waals surface area contributed by atoms with E-state index >= 15 is 0 Å². The number of rotatable bonds is 2. The van der Waals surface area contributed by atoms with Gasteiger partial charge in [-0.25, -0.2) is 0 Å². The van der Waals surface area contributed by atoms with E-state index in [0.717, 1.165) is 31.6 Å². The molecular formula is C14H23NO3. The summed E-state index contributed by atoms with van der Waals surface area (Å²) in [6.45, 7) is 3.50. The average Bonchev–Trinajstić information content (AvgIpc) is 2.39. The van der Waals surface area contributed by atoms with Crippen LogP contribution in [0, 0.1) is 17.8 Å². The Morgan fingerprint density at radius 3 is 2.00 bits per heavy atom. The number of carbonyl (C=O) groups is 2. The quantitative estimate of drug-likeness (QED) is 0.820. The molecule has 0 aromatic carbocycles. The van der Waals surface area contributed by atoms with Crippen LogP contribution in [-0.2, 0) is 9.59 Å². The van der Waals surface area contributed by atoms with Crippen molar-refractivity contribution >= 4 is 11.9 Å². The van der Waals surface area contributed by atoms with Crippen LogP contribution in [-0.4, -0.2) is 35.0 Å². The molecule has 1 saturated heterocycles. The molecular weight excluding hydrogens is 230 g/mol. The zero-order valence-electron chi connectivity index (χ0n) is 11.1. The Hall–Kier alpha value is -1.06. The lowest BCUT2D eigenvalue weighted by molar-refractivity contribution is -0.147. The fourth-order valence-corrected chi connectivity index (χ4v) is 3.11. The molecule has 2 rings (SSSR count). The lowest BCUT2D eigenvalue weighted by atomic mass is 9.82. The highest BCUT2D eigenvalue weighted by Crippen LogP contribution is 2.30. The fraction of sp³-hybridized carbons (Fsp3) is 0.857. The van der Waals surface area contributed by atoms with E-state index in [9.17, 15) is 9.59 Å². The molecule has 18 heavy (non-hydrogen) atoms. The van der Waals surface area contributed by atoms with Gasteiger partial charge in [-0.05, 0) is 44.4 Å². The fourth-order valence-electron chi connectivity index (χ4n) is 3.11. The standard InChI is InChI=1S/C14H23NO3/c1-10-2-4-11(5-3-10)13(16)15-8-6-12(7-9-15)14(17)18/h10-12H,2-9H2,1H3,(H,17,18). The minimum absolute atomic E-state index is 0.197. The number of piperidine rings is 1. The predicted octanol–water partition coefficient (Wildman–Crippen LogP) is 2.14. The maximum atomic E-state index is 12.3. The van der Waals surface area contributed by atoms with E-state index in [1.54, 1.807) is 0 Å². The van der Waals surface area contributed by atoms with E-state index in [-0.39, 0.29) is 17.7 Å². The number of likely N-dealkylation sites (tertiary alicyclic amines) is 1. The van der Waals surface area contributed by atoms with Crippen LogP contribution in [0.5, 0.6) is 0 Å². The van der Waals surface area contributed by atoms with Crippen LogP contribution in [0.15, 0.2) is 0 Å². The molecule has 1 aliphatic carbocycles. The van der Waals surface area contributed by atoms with Crippen molar-refractivity contribution in [2.45, 2.75) is 45.4 Å². The lowest BCUT2D eigenvalue weighted by Gasteiger charge is -2.34. The molecule has 0 aromatic heterocycles. The first-order valence-corrected chi connectivity index (χ1v) is 7.09. The largest absolute Gasteiger partial charge is 0.481 e. The van der Waals surface area contributed by atoms with Gasteiger partial charge in [0.25, 0.3) is 0 Å². The number of aliphatic carboxylic acids is 1. The number of amides is 1. The third-order valence-electron chi connectivity index (χ3n) is 4.52. The van der Waals surface area contributed by atoms with E-state index in [1.807, 2.05) is 4.90 Å². The summed E-state index contributed by atoms with van der Waals surface area (Å²) in [7, 11) is 0. The molecule has 0 bridgehead atoms. The Kier molecular flexibility index (Phi) is 4.25. The van der Waals surface area contributed by atoms with E-state index in [4.69, 9.17) is 5.11 Å². The first kappa shape index (κ1) is 13.4. The Morgan fingerprint density at radius 2 is 1.50 bits per heavy atom. The maximum absolute atomic E-state index is 12.3. The van der Waals surface area contributed by atoms with Gasteiger partial charge in [0, 0.05) is 19.0 Å². The van der Waals surface area contributed by atoms with Crippen LogP contribution in [0.25, 0.3) is 0 Å². The molecule has 4 heteroatoms. The van der Waals surface area contributed by atoms with Gasteiger partial charge in [-0.2, -0.15) is 0 Å². The normalized spacial score (nSPS) is 30.2. The topological polar surface area (TPSA) is 57.6 Å². The van der Waals surface area contributed by atoms with Crippen LogP contribution >= 0.6 is 0 Å². The Balaban J connectivity index is 1.82. The third-order valence-corrected chi connectivity index (χ3v) is 4.52. The molecule has 0 radical (unpaired) electrons. The summed E-state index contributed by atoms with van der Waals surface area (Å²) in [5, 5.41) is 8.94. The molecule has 1 aliphatic heterocycles. The van der Waals surface area contributed by atoms with Crippen molar-refractivity contribution in [2.24, 2.45) is 17.8 Å². The van der Waals surface area contributed by atoms with E-state index < -0.39 is 5.97 Å². The average molecular weight is 253 g/mol.